The highest BCUT2D eigenvalue weighted by Crippen LogP contribution is 2.34. The average molecular weight is 324 g/mol. The number of hydrogen-bond donors (Lipinski definition) is 1. The van der Waals surface area contributed by atoms with Gasteiger partial charge < -0.3 is 5.32 Å². The van der Waals surface area contributed by atoms with E-state index in [-0.39, 0.29) is 5.91 Å². The van der Waals surface area contributed by atoms with Crippen LogP contribution >= 0.6 is 15.9 Å². The topological polar surface area (TPSA) is 29.1 Å². The van der Waals surface area contributed by atoms with Crippen molar-refractivity contribution < 1.29 is 4.79 Å². The third-order valence-electron chi connectivity index (χ3n) is 4.44. The Labute approximate surface area is 124 Å². The van der Waals surface area contributed by atoms with E-state index < -0.39 is 0 Å². The summed E-state index contributed by atoms with van der Waals surface area (Å²) < 4.78 is 0.877. The van der Waals surface area contributed by atoms with E-state index in [4.69, 9.17) is 0 Å². The van der Waals surface area contributed by atoms with Gasteiger partial charge in [-0.15, -0.1) is 0 Å². The normalized spacial score (nSPS) is 26.4. The number of hydrogen-bond acceptors (Lipinski definition) is 1. The van der Waals surface area contributed by atoms with Crippen molar-refractivity contribution in [1.29, 1.82) is 0 Å². The molecule has 3 atom stereocenters. The van der Waals surface area contributed by atoms with Crippen molar-refractivity contribution in [3.63, 3.8) is 0 Å². The smallest absolute Gasteiger partial charge is 0.252 e. The van der Waals surface area contributed by atoms with Crippen LogP contribution < -0.4 is 5.32 Å². The fourth-order valence-electron chi connectivity index (χ4n) is 3.08. The molecule has 2 rings (SSSR count). The van der Waals surface area contributed by atoms with Crippen LogP contribution in [0.15, 0.2) is 22.7 Å². The van der Waals surface area contributed by atoms with Gasteiger partial charge in [0.15, 0.2) is 0 Å². The van der Waals surface area contributed by atoms with Gasteiger partial charge in [0.05, 0.1) is 5.56 Å². The standard InChI is InChI=1S/C16H22BrNO/c1-4-12-6-8-15(11(12)3)18-16(19)13-7-5-10(2)9-14(13)17/h5,7,9,11-12,15H,4,6,8H2,1-3H3,(H,18,19). The molecule has 1 amide bonds. The summed E-state index contributed by atoms with van der Waals surface area (Å²) in [5, 5.41) is 3.20. The van der Waals surface area contributed by atoms with Gasteiger partial charge in [-0.25, -0.2) is 0 Å². The van der Waals surface area contributed by atoms with Crippen LogP contribution in [0, 0.1) is 18.8 Å². The van der Waals surface area contributed by atoms with E-state index in [1.54, 1.807) is 0 Å². The van der Waals surface area contributed by atoms with E-state index in [1.807, 2.05) is 25.1 Å². The molecule has 0 aliphatic heterocycles. The number of carbonyl (C=O) groups is 1. The molecule has 19 heavy (non-hydrogen) atoms. The van der Waals surface area contributed by atoms with Crippen LogP contribution in [-0.2, 0) is 0 Å². The molecule has 0 saturated heterocycles. The lowest BCUT2D eigenvalue weighted by Gasteiger charge is -2.21. The molecule has 1 aliphatic rings. The first-order valence-corrected chi connectivity index (χ1v) is 7.89. The molecular weight excluding hydrogens is 302 g/mol. The third kappa shape index (κ3) is 3.19. The summed E-state index contributed by atoms with van der Waals surface area (Å²) in [6, 6.07) is 6.19. The highest BCUT2D eigenvalue weighted by molar-refractivity contribution is 9.10. The summed E-state index contributed by atoms with van der Waals surface area (Å²) in [5.74, 6) is 1.38. The number of aryl methyl sites for hydroxylation is 1. The predicted molar refractivity (Wildman–Crippen MR) is 82.3 cm³/mol. The quantitative estimate of drug-likeness (QED) is 0.882. The molecule has 0 spiro atoms. The van der Waals surface area contributed by atoms with Crippen LogP contribution in [0.1, 0.15) is 49.0 Å². The second kappa shape index (κ2) is 6.08. The maximum Gasteiger partial charge on any atom is 0.252 e. The van der Waals surface area contributed by atoms with Crippen molar-refractivity contribution >= 4 is 21.8 Å². The minimum absolute atomic E-state index is 0.0421. The van der Waals surface area contributed by atoms with Gasteiger partial charge in [0.2, 0.25) is 0 Å². The van der Waals surface area contributed by atoms with Crippen LogP contribution in [0.2, 0.25) is 0 Å². The summed E-state index contributed by atoms with van der Waals surface area (Å²) in [6.07, 6.45) is 3.55. The fourth-order valence-corrected chi connectivity index (χ4v) is 3.75. The Morgan fingerprint density at radius 3 is 2.74 bits per heavy atom. The average Bonchev–Trinajstić information content (AvgIpc) is 2.70. The Bertz CT molecular complexity index is 472. The highest BCUT2D eigenvalue weighted by atomic mass is 79.9. The minimum Gasteiger partial charge on any atom is -0.349 e. The first-order chi connectivity index (χ1) is 9.02. The molecule has 0 radical (unpaired) electrons. The fraction of sp³-hybridized carbons (Fsp3) is 0.562. The molecule has 3 unspecified atom stereocenters. The minimum atomic E-state index is 0.0421. The van der Waals surface area contributed by atoms with Crippen LogP contribution in [0.25, 0.3) is 0 Å². The zero-order chi connectivity index (χ0) is 14.0. The summed E-state index contributed by atoms with van der Waals surface area (Å²) in [4.78, 5) is 12.3. The number of nitrogens with one attached hydrogen (secondary N) is 1. The van der Waals surface area contributed by atoms with Gasteiger partial charge in [0, 0.05) is 10.5 Å². The summed E-state index contributed by atoms with van der Waals surface area (Å²) in [6.45, 7) is 6.52. The van der Waals surface area contributed by atoms with Gasteiger partial charge in [-0.1, -0.05) is 26.3 Å². The van der Waals surface area contributed by atoms with Crippen molar-refractivity contribution in [2.24, 2.45) is 11.8 Å². The summed E-state index contributed by atoms with van der Waals surface area (Å²) in [7, 11) is 0. The molecule has 1 aliphatic carbocycles. The monoisotopic (exact) mass is 323 g/mol. The van der Waals surface area contributed by atoms with Crippen molar-refractivity contribution in [1.82, 2.24) is 5.32 Å². The molecule has 1 fully saturated rings. The Morgan fingerprint density at radius 2 is 2.16 bits per heavy atom. The second-order valence-electron chi connectivity index (χ2n) is 5.67. The number of halogens is 1. The molecule has 1 aromatic rings. The maximum atomic E-state index is 12.3. The van der Waals surface area contributed by atoms with Gasteiger partial charge in [-0.3, -0.25) is 4.79 Å². The molecule has 1 N–H and O–H groups in total. The first kappa shape index (κ1) is 14.6. The lowest BCUT2D eigenvalue weighted by molar-refractivity contribution is 0.0926. The largest absolute Gasteiger partial charge is 0.349 e. The number of rotatable bonds is 3. The predicted octanol–water partition coefficient (Wildman–Crippen LogP) is 4.31. The number of amides is 1. The Morgan fingerprint density at radius 1 is 1.42 bits per heavy atom. The first-order valence-electron chi connectivity index (χ1n) is 7.10. The van der Waals surface area contributed by atoms with Crippen LogP contribution in [0.5, 0.6) is 0 Å². The molecule has 1 aromatic carbocycles. The Balaban J connectivity index is 2.05. The lowest BCUT2D eigenvalue weighted by atomic mass is 9.93. The van der Waals surface area contributed by atoms with E-state index in [2.05, 4.69) is 35.1 Å². The maximum absolute atomic E-state index is 12.3. The molecular formula is C16H22BrNO. The van der Waals surface area contributed by atoms with Gasteiger partial charge in [-0.05, 0) is 65.2 Å². The SMILES string of the molecule is CCC1CCC(NC(=O)c2ccc(C)cc2Br)C1C. The summed E-state index contributed by atoms with van der Waals surface area (Å²) in [5.41, 5.74) is 1.89. The van der Waals surface area contributed by atoms with Gasteiger partial charge in [0.1, 0.15) is 0 Å². The van der Waals surface area contributed by atoms with Crippen molar-refractivity contribution in [3.05, 3.63) is 33.8 Å². The third-order valence-corrected chi connectivity index (χ3v) is 5.09. The highest BCUT2D eigenvalue weighted by Gasteiger charge is 2.32. The van der Waals surface area contributed by atoms with E-state index >= 15 is 0 Å². The second-order valence-corrected chi connectivity index (χ2v) is 6.52. The van der Waals surface area contributed by atoms with E-state index in [0.717, 1.165) is 27.9 Å². The molecule has 0 aromatic heterocycles. The molecule has 0 heterocycles. The molecule has 3 heteroatoms. The Hall–Kier alpha value is -0.830. The number of benzene rings is 1. The molecule has 104 valence electrons. The lowest BCUT2D eigenvalue weighted by Crippen LogP contribution is -2.37. The van der Waals surface area contributed by atoms with E-state index in [0.29, 0.717) is 12.0 Å². The van der Waals surface area contributed by atoms with E-state index in [9.17, 15) is 4.79 Å². The molecule has 0 bridgehead atoms. The zero-order valence-corrected chi connectivity index (χ0v) is 13.5. The van der Waals surface area contributed by atoms with Crippen molar-refractivity contribution in [3.8, 4) is 0 Å². The van der Waals surface area contributed by atoms with Gasteiger partial charge in [-0.2, -0.15) is 0 Å². The Kier molecular flexibility index (Phi) is 4.67. The van der Waals surface area contributed by atoms with Gasteiger partial charge in [0.25, 0.3) is 5.91 Å². The van der Waals surface area contributed by atoms with Crippen molar-refractivity contribution in [2.75, 3.05) is 0 Å². The van der Waals surface area contributed by atoms with Crippen LogP contribution in [0.3, 0.4) is 0 Å². The number of carbonyl (C=O) groups excluding carboxylic acids is 1. The van der Waals surface area contributed by atoms with Crippen LogP contribution in [0.4, 0.5) is 0 Å². The molecule has 1 saturated carbocycles. The summed E-state index contributed by atoms with van der Waals surface area (Å²) >= 11 is 3.48. The van der Waals surface area contributed by atoms with Gasteiger partial charge >= 0.3 is 0 Å². The van der Waals surface area contributed by atoms with Crippen molar-refractivity contribution in [2.45, 2.75) is 46.1 Å². The van der Waals surface area contributed by atoms with E-state index in [1.165, 1.54) is 12.8 Å². The van der Waals surface area contributed by atoms with Crippen LogP contribution in [-0.4, -0.2) is 11.9 Å². The zero-order valence-electron chi connectivity index (χ0n) is 11.9. The molecule has 2 nitrogen and oxygen atoms in total.